The topological polar surface area (TPSA) is 63.3 Å². The maximum Gasteiger partial charge on any atom is 0.309 e. The molecule has 0 atom stereocenters. The van der Waals surface area contributed by atoms with Gasteiger partial charge in [0.1, 0.15) is 6.26 Å². The lowest BCUT2D eigenvalue weighted by Gasteiger charge is -2.18. The summed E-state index contributed by atoms with van der Waals surface area (Å²) in [5.74, 6) is -0.459. The fraction of sp³-hybridized carbons (Fsp3) is 0.333. The molecule has 0 saturated heterocycles. The van der Waals surface area contributed by atoms with Gasteiger partial charge in [0.2, 0.25) is 5.89 Å². The number of carbonyl (C=O) groups is 1. The number of oxazole rings is 1. The highest BCUT2D eigenvalue weighted by atomic mass is 16.4. The van der Waals surface area contributed by atoms with Crippen molar-refractivity contribution in [3.63, 3.8) is 0 Å². The van der Waals surface area contributed by atoms with Crippen LogP contribution in [0.1, 0.15) is 32.0 Å². The van der Waals surface area contributed by atoms with Crippen LogP contribution in [-0.2, 0) is 16.6 Å². The van der Waals surface area contributed by atoms with Gasteiger partial charge in [-0.15, -0.1) is 0 Å². The van der Waals surface area contributed by atoms with Gasteiger partial charge in [0, 0.05) is 5.56 Å². The Morgan fingerprint density at radius 3 is 2.42 bits per heavy atom. The molecule has 0 spiro atoms. The number of carboxylic acid groups (broad SMARTS) is 1. The summed E-state index contributed by atoms with van der Waals surface area (Å²) < 4.78 is 5.30. The molecule has 0 amide bonds. The lowest BCUT2D eigenvalue weighted by Crippen LogP contribution is -2.10. The first-order valence-corrected chi connectivity index (χ1v) is 6.13. The molecule has 2 aromatic rings. The molecule has 0 radical (unpaired) electrons. The first kappa shape index (κ1) is 13.3. The highest BCUT2D eigenvalue weighted by Crippen LogP contribution is 2.25. The van der Waals surface area contributed by atoms with Gasteiger partial charge < -0.3 is 9.52 Å². The number of rotatable bonds is 3. The van der Waals surface area contributed by atoms with Crippen LogP contribution in [0.3, 0.4) is 0 Å². The van der Waals surface area contributed by atoms with Crippen LogP contribution >= 0.6 is 0 Å². The smallest absolute Gasteiger partial charge is 0.309 e. The zero-order valence-electron chi connectivity index (χ0n) is 11.3. The molecule has 1 aromatic heterocycles. The average molecular weight is 259 g/mol. The van der Waals surface area contributed by atoms with Crippen molar-refractivity contribution in [2.24, 2.45) is 0 Å². The number of nitrogens with zero attached hydrogens (tertiary/aromatic N) is 1. The van der Waals surface area contributed by atoms with Gasteiger partial charge in [0.15, 0.2) is 0 Å². The van der Waals surface area contributed by atoms with Gasteiger partial charge in [-0.25, -0.2) is 4.98 Å². The van der Waals surface area contributed by atoms with Gasteiger partial charge in [-0.1, -0.05) is 32.9 Å². The molecule has 4 heteroatoms. The molecule has 100 valence electrons. The Hall–Kier alpha value is -2.10. The summed E-state index contributed by atoms with van der Waals surface area (Å²) in [6.07, 6.45) is 1.27. The molecule has 2 rings (SSSR count). The van der Waals surface area contributed by atoms with Crippen molar-refractivity contribution in [3.8, 4) is 11.5 Å². The molecule has 0 aliphatic rings. The predicted octanol–water partition coefficient (Wildman–Crippen LogP) is 3.27. The summed E-state index contributed by atoms with van der Waals surface area (Å²) in [6.45, 7) is 6.45. The van der Waals surface area contributed by atoms with Crippen molar-refractivity contribution in [2.75, 3.05) is 0 Å². The molecular formula is C15H17NO3. The largest absolute Gasteiger partial charge is 0.481 e. The summed E-state index contributed by atoms with van der Waals surface area (Å²) >= 11 is 0. The zero-order chi connectivity index (χ0) is 14.0. The van der Waals surface area contributed by atoms with Crippen LogP contribution in [-0.4, -0.2) is 16.1 Å². The van der Waals surface area contributed by atoms with E-state index in [0.29, 0.717) is 11.6 Å². The van der Waals surface area contributed by atoms with E-state index in [1.807, 2.05) is 24.3 Å². The van der Waals surface area contributed by atoms with E-state index in [-0.39, 0.29) is 11.8 Å². The van der Waals surface area contributed by atoms with Gasteiger partial charge >= 0.3 is 5.97 Å². The number of hydrogen-bond donors (Lipinski definition) is 1. The number of aliphatic carboxylic acids is 1. The maximum absolute atomic E-state index is 10.6. The first-order valence-electron chi connectivity index (χ1n) is 6.13. The third-order valence-corrected chi connectivity index (χ3v) is 2.88. The van der Waals surface area contributed by atoms with Crippen molar-refractivity contribution in [1.82, 2.24) is 4.98 Å². The van der Waals surface area contributed by atoms with E-state index in [2.05, 4.69) is 25.8 Å². The molecule has 0 aliphatic heterocycles. The van der Waals surface area contributed by atoms with Crippen LogP contribution in [0.25, 0.3) is 11.5 Å². The van der Waals surface area contributed by atoms with Gasteiger partial charge in [0.25, 0.3) is 0 Å². The quantitative estimate of drug-likeness (QED) is 0.918. The Kier molecular flexibility index (Phi) is 3.42. The molecule has 4 nitrogen and oxygen atoms in total. The average Bonchev–Trinajstić information content (AvgIpc) is 2.75. The SMILES string of the molecule is CC(C)(C)c1ccc(-c2nc(CC(=O)O)co2)cc1. The predicted molar refractivity (Wildman–Crippen MR) is 72.0 cm³/mol. The minimum Gasteiger partial charge on any atom is -0.481 e. The van der Waals surface area contributed by atoms with Crippen molar-refractivity contribution in [2.45, 2.75) is 32.6 Å². The standard InChI is InChI=1S/C15H17NO3/c1-15(2,3)11-6-4-10(5-7-11)14-16-12(9-19-14)8-13(17)18/h4-7,9H,8H2,1-3H3,(H,17,18). The molecular weight excluding hydrogens is 242 g/mol. The molecule has 0 bridgehead atoms. The van der Waals surface area contributed by atoms with Crippen molar-refractivity contribution in [1.29, 1.82) is 0 Å². The van der Waals surface area contributed by atoms with E-state index < -0.39 is 5.97 Å². The summed E-state index contributed by atoms with van der Waals surface area (Å²) in [4.78, 5) is 14.8. The monoisotopic (exact) mass is 259 g/mol. The Morgan fingerprint density at radius 2 is 1.89 bits per heavy atom. The molecule has 1 heterocycles. The summed E-state index contributed by atoms with van der Waals surface area (Å²) in [6, 6.07) is 7.96. The van der Waals surface area contributed by atoms with E-state index in [0.717, 1.165) is 5.56 Å². The highest BCUT2D eigenvalue weighted by molar-refractivity contribution is 5.69. The van der Waals surface area contributed by atoms with E-state index in [1.54, 1.807) is 0 Å². The highest BCUT2D eigenvalue weighted by Gasteiger charge is 2.14. The first-order chi connectivity index (χ1) is 8.86. The second kappa shape index (κ2) is 4.88. The molecule has 19 heavy (non-hydrogen) atoms. The molecule has 1 N–H and O–H groups in total. The Morgan fingerprint density at radius 1 is 1.26 bits per heavy atom. The Balaban J connectivity index is 2.23. The number of benzene rings is 1. The molecule has 0 fully saturated rings. The van der Waals surface area contributed by atoms with E-state index >= 15 is 0 Å². The number of carboxylic acids is 1. The molecule has 0 unspecified atom stereocenters. The van der Waals surface area contributed by atoms with Crippen molar-refractivity contribution < 1.29 is 14.3 Å². The number of hydrogen-bond acceptors (Lipinski definition) is 3. The minimum atomic E-state index is -0.914. The number of aromatic nitrogens is 1. The van der Waals surface area contributed by atoms with Crippen LogP contribution in [0.2, 0.25) is 0 Å². The summed E-state index contributed by atoms with van der Waals surface area (Å²) in [7, 11) is 0. The lowest BCUT2D eigenvalue weighted by molar-refractivity contribution is -0.136. The van der Waals surface area contributed by atoms with Gasteiger partial charge in [0.05, 0.1) is 12.1 Å². The minimum absolute atomic E-state index is 0.101. The lowest BCUT2D eigenvalue weighted by atomic mass is 9.87. The van der Waals surface area contributed by atoms with Gasteiger partial charge in [-0.05, 0) is 23.1 Å². The van der Waals surface area contributed by atoms with E-state index in [4.69, 9.17) is 9.52 Å². The summed E-state index contributed by atoms with van der Waals surface area (Å²) in [5.41, 5.74) is 2.62. The van der Waals surface area contributed by atoms with E-state index in [9.17, 15) is 4.79 Å². The molecule has 0 saturated carbocycles. The Labute approximate surface area is 112 Å². The third-order valence-electron chi connectivity index (χ3n) is 2.88. The molecule has 0 aliphatic carbocycles. The summed E-state index contributed by atoms with van der Waals surface area (Å²) in [5, 5.41) is 8.69. The third kappa shape index (κ3) is 3.22. The fourth-order valence-corrected chi connectivity index (χ4v) is 1.79. The second-order valence-corrected chi connectivity index (χ2v) is 5.54. The normalized spacial score (nSPS) is 11.5. The van der Waals surface area contributed by atoms with Gasteiger partial charge in [-0.2, -0.15) is 0 Å². The Bertz CT molecular complexity index is 576. The maximum atomic E-state index is 10.6. The van der Waals surface area contributed by atoms with Crippen LogP contribution < -0.4 is 0 Å². The van der Waals surface area contributed by atoms with Crippen LogP contribution in [0.5, 0.6) is 0 Å². The van der Waals surface area contributed by atoms with E-state index in [1.165, 1.54) is 11.8 Å². The van der Waals surface area contributed by atoms with Crippen molar-refractivity contribution in [3.05, 3.63) is 41.8 Å². The van der Waals surface area contributed by atoms with Crippen LogP contribution in [0.15, 0.2) is 34.9 Å². The van der Waals surface area contributed by atoms with Crippen LogP contribution in [0.4, 0.5) is 0 Å². The second-order valence-electron chi connectivity index (χ2n) is 5.54. The molecule has 1 aromatic carbocycles. The van der Waals surface area contributed by atoms with Gasteiger partial charge in [-0.3, -0.25) is 4.79 Å². The fourth-order valence-electron chi connectivity index (χ4n) is 1.79. The zero-order valence-corrected chi connectivity index (χ0v) is 11.3. The van der Waals surface area contributed by atoms with Crippen LogP contribution in [0, 0.1) is 0 Å². The van der Waals surface area contributed by atoms with Crippen molar-refractivity contribution >= 4 is 5.97 Å².